The Kier molecular flexibility index (Phi) is 2.02. The van der Waals surface area contributed by atoms with Crippen LogP contribution in [0.3, 0.4) is 0 Å². The smallest absolute Gasteiger partial charge is 0.216 e. The van der Waals surface area contributed by atoms with E-state index >= 15 is 0 Å². The first kappa shape index (κ1) is 9.21. The van der Waals surface area contributed by atoms with Crippen LogP contribution in [0.2, 0.25) is 0 Å². The van der Waals surface area contributed by atoms with Gasteiger partial charge in [0.2, 0.25) is 5.96 Å². The van der Waals surface area contributed by atoms with Crippen LogP contribution in [0.15, 0.2) is 29.5 Å². The van der Waals surface area contributed by atoms with E-state index in [-0.39, 0.29) is 0 Å². The fourth-order valence-electron chi connectivity index (χ4n) is 1.90. The van der Waals surface area contributed by atoms with Gasteiger partial charge < -0.3 is 10.6 Å². The van der Waals surface area contributed by atoms with Crippen molar-refractivity contribution in [2.24, 2.45) is 5.10 Å². The Hall–Kier alpha value is -2.04. The molecule has 1 aromatic carbocycles. The second-order valence-corrected chi connectivity index (χ2v) is 3.85. The van der Waals surface area contributed by atoms with Crippen molar-refractivity contribution in [1.82, 2.24) is 20.5 Å². The Bertz CT molecular complexity index is 547. The summed E-state index contributed by atoms with van der Waals surface area (Å²) in [6, 6.07) is 6.14. The molecule has 0 unspecified atom stereocenters. The van der Waals surface area contributed by atoms with Gasteiger partial charge in [0.25, 0.3) is 0 Å². The minimum atomic E-state index is 0.785. The lowest BCUT2D eigenvalue weighted by molar-refractivity contribution is 0.755. The number of hydrogen-bond donors (Lipinski definition) is 2. The van der Waals surface area contributed by atoms with Crippen molar-refractivity contribution in [2.75, 3.05) is 13.1 Å². The lowest BCUT2D eigenvalue weighted by atomic mass is 10.2. The number of aromatic nitrogens is 2. The summed E-state index contributed by atoms with van der Waals surface area (Å²) in [5, 5.41) is 16.1. The number of hydrogen-bond acceptors (Lipinski definition) is 2. The van der Waals surface area contributed by atoms with E-state index in [4.69, 9.17) is 0 Å². The molecule has 0 spiro atoms. The summed E-state index contributed by atoms with van der Waals surface area (Å²) in [5.74, 6) is 0.785. The third-order valence-electron chi connectivity index (χ3n) is 2.68. The Labute approximate surface area is 93.1 Å². The van der Waals surface area contributed by atoms with Crippen LogP contribution in [0.4, 0.5) is 0 Å². The van der Waals surface area contributed by atoms with Crippen LogP contribution >= 0.6 is 0 Å². The van der Waals surface area contributed by atoms with Crippen molar-refractivity contribution in [2.45, 2.75) is 6.92 Å². The van der Waals surface area contributed by atoms with Gasteiger partial charge in [0.15, 0.2) is 0 Å². The highest BCUT2D eigenvalue weighted by Gasteiger charge is 2.08. The Morgan fingerprint density at radius 1 is 1.31 bits per heavy atom. The number of benzene rings is 1. The van der Waals surface area contributed by atoms with Gasteiger partial charge in [-0.25, -0.2) is 0 Å². The summed E-state index contributed by atoms with van der Waals surface area (Å²) in [4.78, 5) is 1.67. The predicted octanol–water partition coefficient (Wildman–Crippen LogP) is 0.657. The average molecular weight is 215 g/mol. The maximum atomic E-state index is 4.41. The lowest BCUT2D eigenvalue weighted by Gasteiger charge is -2.01. The van der Waals surface area contributed by atoms with Crippen molar-refractivity contribution in [3.05, 3.63) is 30.0 Å². The quantitative estimate of drug-likeness (QED) is 0.734. The minimum absolute atomic E-state index is 0.785. The molecular formula is C11H13N5. The van der Waals surface area contributed by atoms with Crippen molar-refractivity contribution in [3.8, 4) is 0 Å². The van der Waals surface area contributed by atoms with Gasteiger partial charge in [-0.2, -0.15) is 5.10 Å². The Morgan fingerprint density at radius 3 is 2.94 bits per heavy atom. The van der Waals surface area contributed by atoms with Crippen molar-refractivity contribution in [3.63, 3.8) is 0 Å². The molecule has 1 saturated heterocycles. The second kappa shape index (κ2) is 3.52. The van der Waals surface area contributed by atoms with Gasteiger partial charge in [0.1, 0.15) is 0 Å². The zero-order valence-corrected chi connectivity index (χ0v) is 9.07. The third-order valence-corrected chi connectivity index (χ3v) is 2.68. The molecule has 2 aromatic rings. The average Bonchev–Trinajstić information content (AvgIpc) is 2.90. The highest BCUT2D eigenvalue weighted by atomic mass is 15.5. The maximum Gasteiger partial charge on any atom is 0.216 e. The zero-order chi connectivity index (χ0) is 11.0. The van der Waals surface area contributed by atoms with Gasteiger partial charge in [-0.15, -0.1) is 9.89 Å². The van der Waals surface area contributed by atoms with Gasteiger partial charge >= 0.3 is 0 Å². The lowest BCUT2D eigenvalue weighted by Crippen LogP contribution is -2.25. The molecule has 1 aliphatic rings. The molecule has 1 aromatic heterocycles. The summed E-state index contributed by atoms with van der Waals surface area (Å²) in [5.41, 5.74) is 2.24. The fraction of sp³-hybridized carbons (Fsp3) is 0.273. The molecule has 0 aliphatic carbocycles. The summed E-state index contributed by atoms with van der Waals surface area (Å²) >= 11 is 0. The SMILES string of the molecule is Cc1cccc2cnn(N=C3NCCN3)c12. The molecule has 5 heteroatoms. The molecule has 82 valence electrons. The van der Waals surface area contributed by atoms with Crippen LogP contribution in [0.25, 0.3) is 10.9 Å². The fourth-order valence-corrected chi connectivity index (χ4v) is 1.90. The molecule has 2 heterocycles. The minimum Gasteiger partial charge on any atom is -0.353 e. The summed E-state index contributed by atoms with van der Waals surface area (Å²) in [6.45, 7) is 3.89. The maximum absolute atomic E-state index is 4.41. The van der Waals surface area contributed by atoms with Crippen LogP contribution < -0.4 is 10.6 Å². The third kappa shape index (κ3) is 1.41. The molecule has 5 nitrogen and oxygen atoms in total. The van der Waals surface area contributed by atoms with Gasteiger partial charge in [0.05, 0.1) is 11.7 Å². The van der Waals surface area contributed by atoms with E-state index in [9.17, 15) is 0 Å². The zero-order valence-electron chi connectivity index (χ0n) is 9.07. The molecule has 0 saturated carbocycles. The number of nitrogens with one attached hydrogen (secondary N) is 2. The van der Waals surface area contributed by atoms with Crippen LogP contribution in [0, 0.1) is 6.92 Å². The summed E-state index contributed by atoms with van der Waals surface area (Å²) in [6.07, 6.45) is 1.83. The van der Waals surface area contributed by atoms with Crippen LogP contribution in [-0.2, 0) is 0 Å². The van der Waals surface area contributed by atoms with Crippen LogP contribution in [0.1, 0.15) is 5.56 Å². The topological polar surface area (TPSA) is 54.2 Å². The van der Waals surface area contributed by atoms with Crippen LogP contribution in [0.5, 0.6) is 0 Å². The van der Waals surface area contributed by atoms with E-state index < -0.39 is 0 Å². The molecule has 1 aliphatic heterocycles. The molecule has 1 fully saturated rings. The number of guanidine groups is 1. The van der Waals surface area contributed by atoms with Crippen molar-refractivity contribution < 1.29 is 0 Å². The van der Waals surface area contributed by atoms with Gasteiger partial charge in [0, 0.05) is 18.5 Å². The number of rotatable bonds is 1. The first-order valence-corrected chi connectivity index (χ1v) is 5.35. The predicted molar refractivity (Wildman–Crippen MR) is 63.3 cm³/mol. The standard InChI is InChI=1S/C11H13N5/c1-8-3-2-4-9-7-14-16(10(8)9)15-11-12-5-6-13-11/h2-4,7H,5-6H2,1H3,(H2,12,13,15). The molecule has 0 bridgehead atoms. The Morgan fingerprint density at radius 2 is 2.12 bits per heavy atom. The van der Waals surface area contributed by atoms with Gasteiger partial charge in [-0.1, -0.05) is 18.2 Å². The Balaban J connectivity index is 2.13. The van der Waals surface area contributed by atoms with E-state index in [0.29, 0.717) is 0 Å². The van der Waals surface area contributed by atoms with Gasteiger partial charge in [-0.05, 0) is 12.5 Å². The van der Waals surface area contributed by atoms with E-state index in [1.165, 1.54) is 5.56 Å². The highest BCUT2D eigenvalue weighted by molar-refractivity contribution is 5.84. The molecular weight excluding hydrogens is 202 g/mol. The van der Waals surface area contributed by atoms with E-state index in [1.807, 2.05) is 18.3 Å². The molecule has 0 radical (unpaired) electrons. The molecule has 2 N–H and O–H groups in total. The van der Waals surface area contributed by atoms with Crippen molar-refractivity contribution in [1.29, 1.82) is 0 Å². The number of nitrogens with zero attached hydrogens (tertiary/aromatic N) is 3. The van der Waals surface area contributed by atoms with Crippen LogP contribution in [-0.4, -0.2) is 28.9 Å². The molecule has 16 heavy (non-hydrogen) atoms. The first-order valence-electron chi connectivity index (χ1n) is 5.35. The second-order valence-electron chi connectivity index (χ2n) is 3.85. The number of aryl methyl sites for hydroxylation is 1. The van der Waals surface area contributed by atoms with E-state index in [1.54, 1.807) is 4.79 Å². The number of fused-ring (bicyclic) bond motifs is 1. The van der Waals surface area contributed by atoms with E-state index in [0.717, 1.165) is 30.0 Å². The summed E-state index contributed by atoms with van der Waals surface area (Å²) in [7, 11) is 0. The summed E-state index contributed by atoms with van der Waals surface area (Å²) < 4.78 is 0. The normalized spacial score (nSPS) is 14.9. The number of para-hydroxylation sites is 1. The largest absolute Gasteiger partial charge is 0.353 e. The monoisotopic (exact) mass is 215 g/mol. The molecule has 0 atom stereocenters. The highest BCUT2D eigenvalue weighted by Crippen LogP contribution is 2.17. The van der Waals surface area contributed by atoms with E-state index in [2.05, 4.69) is 33.8 Å². The molecule has 0 amide bonds. The van der Waals surface area contributed by atoms with Crippen molar-refractivity contribution >= 4 is 16.9 Å². The van der Waals surface area contributed by atoms with Gasteiger partial charge in [-0.3, -0.25) is 0 Å². The molecule has 3 rings (SSSR count). The first-order chi connectivity index (χ1) is 7.84.